The lowest BCUT2D eigenvalue weighted by Gasteiger charge is -2.16. The van der Waals surface area contributed by atoms with E-state index >= 15 is 0 Å². The maximum absolute atomic E-state index is 13.3. The first-order chi connectivity index (χ1) is 18.3. The minimum atomic E-state index is -0.214. The predicted octanol–water partition coefficient (Wildman–Crippen LogP) is 7.83. The zero-order valence-electron chi connectivity index (χ0n) is 21.0. The van der Waals surface area contributed by atoms with Gasteiger partial charge in [0.05, 0.1) is 24.2 Å². The average Bonchev–Trinajstić information content (AvgIpc) is 2.89. The van der Waals surface area contributed by atoms with Crippen LogP contribution in [0.4, 0.5) is 0 Å². The van der Waals surface area contributed by atoms with Gasteiger partial charge in [0, 0.05) is 31.0 Å². The Balaban J connectivity index is 1.72. The molecule has 9 heteroatoms. The van der Waals surface area contributed by atoms with Gasteiger partial charge in [0.1, 0.15) is 12.4 Å². The second kappa shape index (κ2) is 12.9. The number of fused-ring (bicyclic) bond motifs is 1. The van der Waals surface area contributed by atoms with Crippen LogP contribution in [-0.4, -0.2) is 23.0 Å². The number of benzene rings is 3. The van der Waals surface area contributed by atoms with E-state index in [4.69, 9.17) is 14.5 Å². The first-order valence-electron chi connectivity index (χ1n) is 12.0. The highest BCUT2D eigenvalue weighted by Gasteiger charge is 2.15. The Bertz CT molecular complexity index is 1580. The highest BCUT2D eigenvalue weighted by molar-refractivity contribution is 9.11. The standard InChI is InChI=1S/C29H26Br3N3O3/c1-4-6-19-12-18(13-26(37-3)28(19)38-17-20-8-9-22(31)15-24(20)32)16-33-35-27(7-5-2)34-25-11-10-21(30)14-23(25)29(35)36/h4,8-16H,1,5-7,17H2,2-3H3. The van der Waals surface area contributed by atoms with Crippen molar-refractivity contribution in [2.24, 2.45) is 5.10 Å². The molecule has 6 nitrogen and oxygen atoms in total. The van der Waals surface area contributed by atoms with Crippen molar-refractivity contribution in [2.75, 3.05) is 7.11 Å². The predicted molar refractivity (Wildman–Crippen MR) is 164 cm³/mol. The van der Waals surface area contributed by atoms with Crippen LogP contribution in [-0.2, 0) is 19.4 Å². The Morgan fingerprint density at radius 1 is 1.05 bits per heavy atom. The fourth-order valence-corrected chi connectivity index (χ4v) is 5.52. The fourth-order valence-electron chi connectivity index (χ4n) is 3.99. The highest BCUT2D eigenvalue weighted by Crippen LogP contribution is 2.35. The molecule has 196 valence electrons. The number of methoxy groups -OCH3 is 1. The normalized spacial score (nSPS) is 11.3. The molecule has 0 bridgehead atoms. The van der Waals surface area contributed by atoms with E-state index in [-0.39, 0.29) is 5.56 Å². The van der Waals surface area contributed by atoms with Gasteiger partial charge in [-0.05, 0) is 60.9 Å². The largest absolute Gasteiger partial charge is 0.493 e. The number of rotatable bonds is 10. The Morgan fingerprint density at radius 2 is 1.82 bits per heavy atom. The molecule has 3 aromatic carbocycles. The Morgan fingerprint density at radius 3 is 2.53 bits per heavy atom. The second-order valence-corrected chi connectivity index (χ2v) is 11.2. The third kappa shape index (κ3) is 6.45. The number of nitrogens with zero attached hydrogens (tertiary/aromatic N) is 3. The summed E-state index contributed by atoms with van der Waals surface area (Å²) in [4.78, 5) is 18.0. The third-order valence-corrected chi connectivity index (χ3v) is 7.52. The Kier molecular flexibility index (Phi) is 9.57. The van der Waals surface area contributed by atoms with Crippen LogP contribution in [0.3, 0.4) is 0 Å². The summed E-state index contributed by atoms with van der Waals surface area (Å²) >= 11 is 10.5. The zero-order chi connectivity index (χ0) is 27.2. The van der Waals surface area contributed by atoms with Crippen LogP contribution in [0.25, 0.3) is 10.9 Å². The minimum Gasteiger partial charge on any atom is -0.493 e. The lowest BCUT2D eigenvalue weighted by atomic mass is 10.1. The molecule has 0 aliphatic rings. The van der Waals surface area contributed by atoms with Crippen molar-refractivity contribution in [3.8, 4) is 11.5 Å². The van der Waals surface area contributed by atoms with Gasteiger partial charge in [0.15, 0.2) is 11.5 Å². The quantitative estimate of drug-likeness (QED) is 0.125. The molecule has 0 amide bonds. The number of aromatic nitrogens is 2. The highest BCUT2D eigenvalue weighted by atomic mass is 79.9. The molecule has 0 N–H and O–H groups in total. The second-order valence-electron chi connectivity index (χ2n) is 8.53. The van der Waals surface area contributed by atoms with Gasteiger partial charge in [0.25, 0.3) is 5.56 Å². The number of ether oxygens (including phenoxy) is 2. The van der Waals surface area contributed by atoms with E-state index in [1.54, 1.807) is 19.4 Å². The van der Waals surface area contributed by atoms with E-state index in [1.807, 2.05) is 55.5 Å². The fraction of sp³-hybridized carbons (Fsp3) is 0.207. The SMILES string of the molecule is C=CCc1cc(C=Nn2c(CCC)nc3ccc(Br)cc3c2=O)cc(OC)c1OCc1ccc(Br)cc1Br. The van der Waals surface area contributed by atoms with Gasteiger partial charge in [0.2, 0.25) is 0 Å². The summed E-state index contributed by atoms with van der Waals surface area (Å²) in [7, 11) is 1.60. The van der Waals surface area contributed by atoms with Crippen LogP contribution < -0.4 is 15.0 Å². The van der Waals surface area contributed by atoms with Crippen LogP contribution in [0.1, 0.15) is 35.9 Å². The molecule has 0 atom stereocenters. The van der Waals surface area contributed by atoms with Gasteiger partial charge in [-0.2, -0.15) is 9.78 Å². The summed E-state index contributed by atoms with van der Waals surface area (Å²) in [6.45, 7) is 6.30. The molecule has 0 spiro atoms. The number of aryl methyl sites for hydroxylation is 1. The summed E-state index contributed by atoms with van der Waals surface area (Å²) in [5.74, 6) is 1.82. The number of allylic oxidation sites excluding steroid dienone is 1. The molecule has 0 saturated carbocycles. The van der Waals surface area contributed by atoms with Crippen molar-refractivity contribution in [2.45, 2.75) is 32.8 Å². The summed E-state index contributed by atoms with van der Waals surface area (Å²) in [5, 5.41) is 5.07. The first kappa shape index (κ1) is 28.3. The molecule has 1 heterocycles. The number of halogens is 3. The van der Waals surface area contributed by atoms with Crippen LogP contribution in [0.15, 0.2) is 84.5 Å². The van der Waals surface area contributed by atoms with E-state index in [1.165, 1.54) is 4.68 Å². The average molecular weight is 704 g/mol. The van der Waals surface area contributed by atoms with Crippen molar-refractivity contribution in [3.05, 3.63) is 107 Å². The van der Waals surface area contributed by atoms with E-state index in [0.717, 1.165) is 36.5 Å². The van der Waals surface area contributed by atoms with Crippen molar-refractivity contribution in [1.29, 1.82) is 0 Å². The van der Waals surface area contributed by atoms with Crippen molar-refractivity contribution < 1.29 is 9.47 Å². The van der Waals surface area contributed by atoms with Gasteiger partial charge in [-0.1, -0.05) is 66.9 Å². The van der Waals surface area contributed by atoms with Crippen LogP contribution in [0.5, 0.6) is 11.5 Å². The smallest absolute Gasteiger partial charge is 0.282 e. The van der Waals surface area contributed by atoms with E-state index in [9.17, 15) is 4.79 Å². The molecule has 0 unspecified atom stereocenters. The topological polar surface area (TPSA) is 65.7 Å². The summed E-state index contributed by atoms with van der Waals surface area (Å²) < 4.78 is 16.1. The van der Waals surface area contributed by atoms with Crippen molar-refractivity contribution in [1.82, 2.24) is 9.66 Å². The van der Waals surface area contributed by atoms with Gasteiger partial charge >= 0.3 is 0 Å². The zero-order valence-corrected chi connectivity index (χ0v) is 25.8. The van der Waals surface area contributed by atoms with Crippen molar-refractivity contribution in [3.63, 3.8) is 0 Å². The molecule has 1 aromatic heterocycles. The van der Waals surface area contributed by atoms with Crippen LogP contribution >= 0.6 is 47.8 Å². The lowest BCUT2D eigenvalue weighted by molar-refractivity contribution is 0.281. The molecule has 4 rings (SSSR count). The summed E-state index contributed by atoms with van der Waals surface area (Å²) in [5.41, 5.74) is 3.11. The molecule has 0 radical (unpaired) electrons. The lowest BCUT2D eigenvalue weighted by Crippen LogP contribution is -2.22. The molecule has 0 aliphatic carbocycles. The number of hydrogen-bond acceptors (Lipinski definition) is 5. The van der Waals surface area contributed by atoms with Crippen LogP contribution in [0.2, 0.25) is 0 Å². The molecule has 4 aromatic rings. The maximum Gasteiger partial charge on any atom is 0.282 e. The molecule has 0 fully saturated rings. The molecule has 0 aliphatic heterocycles. The van der Waals surface area contributed by atoms with E-state index in [2.05, 4.69) is 59.5 Å². The van der Waals surface area contributed by atoms with Crippen LogP contribution in [0, 0.1) is 0 Å². The van der Waals surface area contributed by atoms with Gasteiger partial charge < -0.3 is 9.47 Å². The van der Waals surface area contributed by atoms with Gasteiger partial charge in [-0.15, -0.1) is 6.58 Å². The molecule has 38 heavy (non-hydrogen) atoms. The van der Waals surface area contributed by atoms with Gasteiger partial charge in [-0.3, -0.25) is 4.79 Å². The maximum atomic E-state index is 13.3. The van der Waals surface area contributed by atoms with Crippen molar-refractivity contribution >= 4 is 64.9 Å². The first-order valence-corrected chi connectivity index (χ1v) is 14.4. The number of hydrogen-bond donors (Lipinski definition) is 0. The third-order valence-electron chi connectivity index (χ3n) is 5.80. The van der Waals surface area contributed by atoms with Gasteiger partial charge in [-0.25, -0.2) is 4.98 Å². The Hall–Kier alpha value is -2.75. The van der Waals surface area contributed by atoms with E-state index in [0.29, 0.717) is 47.7 Å². The summed E-state index contributed by atoms with van der Waals surface area (Å²) in [6.07, 6.45) is 5.49. The Labute approximate surface area is 246 Å². The molecular formula is C29H26Br3N3O3. The summed E-state index contributed by atoms with van der Waals surface area (Å²) in [6, 6.07) is 15.3. The monoisotopic (exact) mass is 701 g/mol. The van der Waals surface area contributed by atoms with E-state index < -0.39 is 0 Å². The molecular weight excluding hydrogens is 678 g/mol. The molecule has 0 saturated heterocycles. The minimum absolute atomic E-state index is 0.214.